The van der Waals surface area contributed by atoms with E-state index in [4.69, 9.17) is 0 Å². The highest BCUT2D eigenvalue weighted by Crippen LogP contribution is 2.32. The molecule has 0 amide bonds. The van der Waals surface area contributed by atoms with E-state index in [0.717, 1.165) is 19.4 Å². The van der Waals surface area contributed by atoms with Crippen LogP contribution < -0.4 is 11.1 Å². The van der Waals surface area contributed by atoms with Gasteiger partial charge in [0.2, 0.25) is 0 Å². The average Bonchev–Trinajstić information content (AvgIpc) is 3.03. The summed E-state index contributed by atoms with van der Waals surface area (Å²) in [5.74, 6) is 0.587. The van der Waals surface area contributed by atoms with Crippen LogP contribution in [0.2, 0.25) is 0 Å². The van der Waals surface area contributed by atoms with Gasteiger partial charge in [-0.25, -0.2) is 0 Å². The third kappa shape index (κ3) is 2.08. The summed E-state index contributed by atoms with van der Waals surface area (Å²) >= 11 is 0. The standard InChI is InChI=1S/C13H18N2O2/c16-12-13(17)15(11-5-6-11)8-7-14(12)9-10-3-1-2-4-10/h7-8,10-11H,1-6,9H2. The first kappa shape index (κ1) is 10.8. The van der Waals surface area contributed by atoms with Gasteiger partial charge in [0.15, 0.2) is 0 Å². The minimum Gasteiger partial charge on any atom is -0.309 e. The fourth-order valence-electron chi connectivity index (χ4n) is 2.78. The van der Waals surface area contributed by atoms with Gasteiger partial charge in [-0.2, -0.15) is 0 Å². The smallest absolute Gasteiger partial charge is 0.309 e. The zero-order valence-electron chi connectivity index (χ0n) is 9.97. The zero-order chi connectivity index (χ0) is 11.8. The second kappa shape index (κ2) is 4.17. The molecule has 17 heavy (non-hydrogen) atoms. The largest absolute Gasteiger partial charge is 0.316 e. The third-order valence-electron chi connectivity index (χ3n) is 3.96. The van der Waals surface area contributed by atoms with Crippen LogP contribution >= 0.6 is 0 Å². The lowest BCUT2D eigenvalue weighted by Crippen LogP contribution is -2.41. The van der Waals surface area contributed by atoms with Crippen molar-refractivity contribution in [2.75, 3.05) is 0 Å². The first-order valence-electron chi connectivity index (χ1n) is 6.57. The predicted octanol–water partition coefficient (Wildman–Crippen LogP) is 1.54. The molecule has 1 heterocycles. The summed E-state index contributed by atoms with van der Waals surface area (Å²) in [6.45, 7) is 0.722. The van der Waals surface area contributed by atoms with Gasteiger partial charge < -0.3 is 9.13 Å². The highest BCUT2D eigenvalue weighted by atomic mass is 16.2. The van der Waals surface area contributed by atoms with Crippen molar-refractivity contribution in [1.29, 1.82) is 0 Å². The number of rotatable bonds is 3. The van der Waals surface area contributed by atoms with Crippen molar-refractivity contribution in [3.63, 3.8) is 0 Å². The Hall–Kier alpha value is -1.32. The lowest BCUT2D eigenvalue weighted by atomic mass is 10.1. The monoisotopic (exact) mass is 234 g/mol. The molecule has 4 nitrogen and oxygen atoms in total. The van der Waals surface area contributed by atoms with Gasteiger partial charge in [-0.15, -0.1) is 0 Å². The van der Waals surface area contributed by atoms with E-state index in [9.17, 15) is 9.59 Å². The minimum absolute atomic E-state index is 0.288. The summed E-state index contributed by atoms with van der Waals surface area (Å²) in [5, 5.41) is 0. The number of hydrogen-bond acceptors (Lipinski definition) is 2. The molecule has 1 aromatic rings. The number of nitrogens with zero attached hydrogens (tertiary/aromatic N) is 2. The molecule has 0 saturated heterocycles. The normalized spacial score (nSPS) is 20.9. The van der Waals surface area contributed by atoms with E-state index in [0.29, 0.717) is 5.92 Å². The molecule has 0 radical (unpaired) electrons. The third-order valence-corrected chi connectivity index (χ3v) is 3.96. The molecule has 0 atom stereocenters. The molecule has 0 bridgehead atoms. The molecule has 2 aliphatic rings. The fraction of sp³-hybridized carbons (Fsp3) is 0.692. The van der Waals surface area contributed by atoms with Crippen molar-refractivity contribution in [3.8, 4) is 0 Å². The highest BCUT2D eigenvalue weighted by molar-refractivity contribution is 4.93. The Morgan fingerprint density at radius 3 is 2.35 bits per heavy atom. The van der Waals surface area contributed by atoms with E-state index < -0.39 is 0 Å². The predicted molar refractivity (Wildman–Crippen MR) is 65.2 cm³/mol. The Morgan fingerprint density at radius 2 is 1.71 bits per heavy atom. The molecule has 2 aliphatic carbocycles. The number of aromatic nitrogens is 2. The number of hydrogen-bond donors (Lipinski definition) is 0. The van der Waals surface area contributed by atoms with Crippen LogP contribution in [0.4, 0.5) is 0 Å². The Kier molecular flexibility index (Phi) is 2.65. The van der Waals surface area contributed by atoms with Crippen LogP contribution in [0, 0.1) is 5.92 Å². The van der Waals surface area contributed by atoms with Crippen LogP contribution in [0.15, 0.2) is 22.0 Å². The summed E-state index contributed by atoms with van der Waals surface area (Å²) < 4.78 is 3.21. The quantitative estimate of drug-likeness (QED) is 0.744. The fourth-order valence-corrected chi connectivity index (χ4v) is 2.78. The van der Waals surface area contributed by atoms with E-state index in [-0.39, 0.29) is 17.2 Å². The molecular weight excluding hydrogens is 216 g/mol. The lowest BCUT2D eigenvalue weighted by Gasteiger charge is -2.12. The molecule has 3 rings (SSSR count). The topological polar surface area (TPSA) is 44.0 Å². The molecule has 4 heteroatoms. The molecular formula is C13H18N2O2. The molecule has 0 spiro atoms. The average molecular weight is 234 g/mol. The van der Waals surface area contributed by atoms with Crippen LogP contribution in [0.3, 0.4) is 0 Å². The maximum Gasteiger partial charge on any atom is 0.316 e. The van der Waals surface area contributed by atoms with Crippen molar-refractivity contribution in [2.24, 2.45) is 5.92 Å². The van der Waals surface area contributed by atoms with Crippen LogP contribution in [-0.2, 0) is 6.54 Å². The van der Waals surface area contributed by atoms with Crippen molar-refractivity contribution >= 4 is 0 Å². The van der Waals surface area contributed by atoms with E-state index in [2.05, 4.69) is 0 Å². The first-order valence-corrected chi connectivity index (χ1v) is 6.57. The van der Waals surface area contributed by atoms with Gasteiger partial charge in [0.1, 0.15) is 0 Å². The van der Waals surface area contributed by atoms with E-state index in [1.54, 1.807) is 21.5 Å². The first-order chi connectivity index (χ1) is 8.25. The van der Waals surface area contributed by atoms with Gasteiger partial charge in [-0.3, -0.25) is 9.59 Å². The molecule has 2 fully saturated rings. The van der Waals surface area contributed by atoms with Gasteiger partial charge >= 0.3 is 11.1 Å². The molecule has 92 valence electrons. The second-order valence-electron chi connectivity index (χ2n) is 5.35. The van der Waals surface area contributed by atoms with Crippen molar-refractivity contribution < 1.29 is 0 Å². The van der Waals surface area contributed by atoms with Crippen LogP contribution in [0.5, 0.6) is 0 Å². The summed E-state index contributed by atoms with van der Waals surface area (Å²) in [4.78, 5) is 23.8. The second-order valence-corrected chi connectivity index (χ2v) is 5.35. The molecule has 0 N–H and O–H groups in total. The van der Waals surface area contributed by atoms with Crippen molar-refractivity contribution in [3.05, 3.63) is 33.1 Å². The summed E-state index contributed by atoms with van der Waals surface area (Å²) in [6.07, 6.45) is 10.6. The van der Waals surface area contributed by atoms with E-state index >= 15 is 0 Å². The van der Waals surface area contributed by atoms with Crippen LogP contribution in [0.25, 0.3) is 0 Å². The molecule has 0 unspecified atom stereocenters. The lowest BCUT2D eigenvalue weighted by molar-refractivity contribution is 0.441. The molecule has 1 aromatic heterocycles. The van der Waals surface area contributed by atoms with E-state index in [1.165, 1.54) is 25.7 Å². The van der Waals surface area contributed by atoms with Crippen LogP contribution in [-0.4, -0.2) is 9.13 Å². The minimum atomic E-state index is -0.341. The Balaban J connectivity index is 1.87. The highest BCUT2D eigenvalue weighted by Gasteiger charge is 2.25. The molecule has 0 aliphatic heterocycles. The van der Waals surface area contributed by atoms with Crippen molar-refractivity contribution in [1.82, 2.24) is 9.13 Å². The van der Waals surface area contributed by atoms with Crippen LogP contribution in [0.1, 0.15) is 44.6 Å². The SMILES string of the molecule is O=c1c(=O)n(C2CC2)ccn1CC1CCCC1. The van der Waals surface area contributed by atoms with Gasteiger partial charge in [-0.1, -0.05) is 12.8 Å². The maximum absolute atomic E-state index is 11.9. The van der Waals surface area contributed by atoms with Gasteiger partial charge in [0.05, 0.1) is 0 Å². The maximum atomic E-state index is 11.9. The van der Waals surface area contributed by atoms with Gasteiger partial charge in [0.25, 0.3) is 0 Å². The van der Waals surface area contributed by atoms with E-state index in [1.807, 2.05) is 0 Å². The molecule has 2 saturated carbocycles. The van der Waals surface area contributed by atoms with Crippen molar-refractivity contribution in [2.45, 2.75) is 51.1 Å². The zero-order valence-corrected chi connectivity index (χ0v) is 9.97. The summed E-state index contributed by atoms with van der Waals surface area (Å²) in [7, 11) is 0. The molecule has 0 aromatic carbocycles. The Morgan fingerprint density at radius 1 is 1.00 bits per heavy atom. The Labute approximate surface area is 99.9 Å². The van der Waals surface area contributed by atoms with Gasteiger partial charge in [0, 0.05) is 25.0 Å². The summed E-state index contributed by atoms with van der Waals surface area (Å²) in [5.41, 5.74) is -0.681. The summed E-state index contributed by atoms with van der Waals surface area (Å²) in [6, 6.07) is 0.288. The van der Waals surface area contributed by atoms with Gasteiger partial charge in [-0.05, 0) is 31.6 Å². The Bertz CT molecular complexity index is 519.